The quantitative estimate of drug-likeness (QED) is 0.619. The molecule has 0 bridgehead atoms. The number of amides is 1. The molecular weight excluding hydrogens is 390 g/mol. The second-order valence-corrected chi connectivity index (χ2v) is 8.04. The van der Waals surface area contributed by atoms with Gasteiger partial charge in [0, 0.05) is 11.9 Å². The van der Waals surface area contributed by atoms with Gasteiger partial charge in [-0.05, 0) is 61.9 Å². The predicted molar refractivity (Wildman–Crippen MR) is 111 cm³/mol. The van der Waals surface area contributed by atoms with Gasteiger partial charge in [0.05, 0.1) is 4.90 Å². The van der Waals surface area contributed by atoms with Crippen molar-refractivity contribution in [2.24, 2.45) is 0 Å². The lowest BCUT2D eigenvalue weighted by molar-refractivity contribution is -0.122. The zero-order valence-corrected chi connectivity index (χ0v) is 16.8. The smallest absolute Gasteiger partial charge is 0.265 e. The van der Waals surface area contributed by atoms with Crippen LogP contribution in [-0.2, 0) is 14.8 Å². The number of carbonyl (C=O) groups is 1. The van der Waals surface area contributed by atoms with Gasteiger partial charge < -0.3 is 10.1 Å². The molecular formula is C21H21N3O4S. The minimum absolute atomic E-state index is 0.0605. The monoisotopic (exact) mass is 411 g/mol. The number of nitrogens with one attached hydrogen (secondary N) is 2. The van der Waals surface area contributed by atoms with Crippen LogP contribution in [0.3, 0.4) is 0 Å². The van der Waals surface area contributed by atoms with Crippen LogP contribution in [0.15, 0.2) is 77.8 Å². The van der Waals surface area contributed by atoms with Crippen LogP contribution >= 0.6 is 0 Å². The molecule has 7 nitrogen and oxygen atoms in total. The van der Waals surface area contributed by atoms with Crippen LogP contribution < -0.4 is 14.8 Å². The summed E-state index contributed by atoms with van der Waals surface area (Å²) in [4.78, 5) is 16.4. The van der Waals surface area contributed by atoms with Gasteiger partial charge in [0.2, 0.25) is 0 Å². The van der Waals surface area contributed by atoms with Gasteiger partial charge in [-0.3, -0.25) is 9.52 Å². The van der Waals surface area contributed by atoms with Crippen LogP contribution in [0.2, 0.25) is 0 Å². The molecule has 0 aliphatic heterocycles. The molecule has 1 amide bonds. The molecule has 0 aliphatic carbocycles. The van der Waals surface area contributed by atoms with E-state index in [1.807, 2.05) is 25.1 Å². The Morgan fingerprint density at radius 2 is 1.69 bits per heavy atom. The van der Waals surface area contributed by atoms with Crippen LogP contribution in [0.1, 0.15) is 12.5 Å². The van der Waals surface area contributed by atoms with Crippen molar-refractivity contribution in [3.63, 3.8) is 0 Å². The summed E-state index contributed by atoms with van der Waals surface area (Å²) < 4.78 is 32.9. The van der Waals surface area contributed by atoms with E-state index in [1.165, 1.54) is 30.5 Å². The van der Waals surface area contributed by atoms with Crippen LogP contribution in [-0.4, -0.2) is 25.4 Å². The summed E-state index contributed by atoms with van der Waals surface area (Å²) in [5.41, 5.74) is 1.40. The summed E-state index contributed by atoms with van der Waals surface area (Å²) in [5, 5.41) is 2.72. The third-order valence-electron chi connectivity index (χ3n) is 4.10. The SMILES string of the molecule is Cc1ccccc1OC(C)C(=O)Nc1ccc(S(=O)(=O)Nc2ccccn2)cc1. The van der Waals surface area contributed by atoms with Crippen molar-refractivity contribution < 1.29 is 17.9 Å². The topological polar surface area (TPSA) is 97.4 Å². The summed E-state index contributed by atoms with van der Waals surface area (Å²) in [6, 6.07) is 18.2. The highest BCUT2D eigenvalue weighted by molar-refractivity contribution is 7.92. The number of ether oxygens (including phenoxy) is 1. The van der Waals surface area contributed by atoms with Gasteiger partial charge in [-0.1, -0.05) is 24.3 Å². The molecule has 150 valence electrons. The fraction of sp³-hybridized carbons (Fsp3) is 0.143. The first-order valence-corrected chi connectivity index (χ1v) is 10.4. The average molecular weight is 411 g/mol. The third-order valence-corrected chi connectivity index (χ3v) is 5.47. The van der Waals surface area contributed by atoms with E-state index in [1.54, 1.807) is 31.2 Å². The average Bonchev–Trinajstić information content (AvgIpc) is 2.70. The van der Waals surface area contributed by atoms with E-state index in [2.05, 4.69) is 15.0 Å². The Bertz CT molecular complexity index is 1080. The molecule has 2 aromatic carbocycles. The maximum absolute atomic E-state index is 12.4. The number of nitrogens with zero attached hydrogens (tertiary/aromatic N) is 1. The Morgan fingerprint density at radius 3 is 2.34 bits per heavy atom. The normalized spacial score (nSPS) is 12.1. The van der Waals surface area contributed by atoms with Crippen molar-refractivity contribution in [1.82, 2.24) is 4.98 Å². The molecule has 3 rings (SSSR count). The molecule has 2 N–H and O–H groups in total. The van der Waals surface area contributed by atoms with E-state index in [4.69, 9.17) is 4.74 Å². The summed E-state index contributed by atoms with van der Waals surface area (Å²) in [6.07, 6.45) is 0.779. The number of pyridine rings is 1. The minimum Gasteiger partial charge on any atom is -0.481 e. The number of carbonyl (C=O) groups excluding carboxylic acids is 1. The Hall–Kier alpha value is -3.39. The summed E-state index contributed by atoms with van der Waals surface area (Å²) in [6.45, 7) is 3.55. The van der Waals surface area contributed by atoms with Crippen molar-refractivity contribution >= 4 is 27.4 Å². The highest BCUT2D eigenvalue weighted by Gasteiger charge is 2.17. The van der Waals surface area contributed by atoms with Crippen LogP contribution in [0.4, 0.5) is 11.5 Å². The number of para-hydroxylation sites is 1. The molecule has 1 aromatic heterocycles. The van der Waals surface area contributed by atoms with Crippen LogP contribution in [0.25, 0.3) is 0 Å². The Kier molecular flexibility index (Phi) is 6.13. The molecule has 0 fully saturated rings. The number of hydrogen-bond donors (Lipinski definition) is 2. The number of anilines is 2. The standard InChI is InChI=1S/C21H21N3O4S/c1-15-7-3-4-8-19(15)28-16(2)21(25)23-17-10-12-18(13-11-17)29(26,27)24-20-9-5-6-14-22-20/h3-14,16H,1-2H3,(H,22,24)(H,23,25). The Labute approximate surface area is 169 Å². The molecule has 3 aromatic rings. The Balaban J connectivity index is 1.64. The third kappa shape index (κ3) is 5.32. The van der Waals surface area contributed by atoms with Gasteiger partial charge in [0.1, 0.15) is 11.6 Å². The van der Waals surface area contributed by atoms with Gasteiger partial charge in [0.15, 0.2) is 6.10 Å². The predicted octanol–water partition coefficient (Wildman–Crippen LogP) is 3.60. The molecule has 0 radical (unpaired) electrons. The number of aryl methyl sites for hydroxylation is 1. The van der Waals surface area contributed by atoms with E-state index in [0.29, 0.717) is 11.4 Å². The molecule has 0 spiro atoms. The summed E-state index contributed by atoms with van der Waals surface area (Å²) in [5.74, 6) is 0.528. The minimum atomic E-state index is -3.77. The van der Waals surface area contributed by atoms with Crippen molar-refractivity contribution in [3.05, 3.63) is 78.5 Å². The van der Waals surface area contributed by atoms with Crippen molar-refractivity contribution in [3.8, 4) is 5.75 Å². The molecule has 0 aliphatic rings. The molecule has 0 saturated heterocycles. The lowest BCUT2D eigenvalue weighted by atomic mass is 10.2. The van der Waals surface area contributed by atoms with Crippen LogP contribution in [0.5, 0.6) is 5.75 Å². The number of rotatable bonds is 7. The summed E-state index contributed by atoms with van der Waals surface area (Å²) in [7, 11) is -3.77. The fourth-order valence-corrected chi connectivity index (χ4v) is 3.52. The first-order valence-electron chi connectivity index (χ1n) is 8.92. The first kappa shape index (κ1) is 20.3. The van der Waals surface area contributed by atoms with E-state index >= 15 is 0 Å². The number of hydrogen-bond acceptors (Lipinski definition) is 5. The maximum Gasteiger partial charge on any atom is 0.265 e. The van der Waals surface area contributed by atoms with Crippen molar-refractivity contribution in [2.45, 2.75) is 24.8 Å². The van der Waals surface area contributed by atoms with Crippen molar-refractivity contribution in [1.29, 1.82) is 0 Å². The zero-order chi connectivity index (χ0) is 20.9. The lowest BCUT2D eigenvalue weighted by Crippen LogP contribution is -2.30. The highest BCUT2D eigenvalue weighted by atomic mass is 32.2. The van der Waals surface area contributed by atoms with Crippen molar-refractivity contribution in [2.75, 3.05) is 10.0 Å². The maximum atomic E-state index is 12.4. The van der Waals surface area contributed by atoms with E-state index in [-0.39, 0.29) is 16.6 Å². The number of aromatic nitrogens is 1. The largest absolute Gasteiger partial charge is 0.481 e. The molecule has 1 unspecified atom stereocenters. The Morgan fingerprint density at radius 1 is 1.00 bits per heavy atom. The number of benzene rings is 2. The van der Waals surface area contributed by atoms with E-state index < -0.39 is 16.1 Å². The lowest BCUT2D eigenvalue weighted by Gasteiger charge is -2.16. The van der Waals surface area contributed by atoms with Crippen LogP contribution in [0, 0.1) is 6.92 Å². The van der Waals surface area contributed by atoms with Gasteiger partial charge in [-0.2, -0.15) is 0 Å². The second-order valence-electron chi connectivity index (χ2n) is 6.36. The number of sulfonamides is 1. The van der Waals surface area contributed by atoms with Gasteiger partial charge in [-0.25, -0.2) is 13.4 Å². The molecule has 1 heterocycles. The van der Waals surface area contributed by atoms with Gasteiger partial charge in [-0.15, -0.1) is 0 Å². The van der Waals surface area contributed by atoms with E-state index in [9.17, 15) is 13.2 Å². The van der Waals surface area contributed by atoms with Gasteiger partial charge >= 0.3 is 0 Å². The molecule has 0 saturated carbocycles. The second kappa shape index (κ2) is 8.74. The van der Waals surface area contributed by atoms with E-state index in [0.717, 1.165) is 5.56 Å². The first-order chi connectivity index (χ1) is 13.8. The highest BCUT2D eigenvalue weighted by Crippen LogP contribution is 2.20. The molecule has 1 atom stereocenters. The summed E-state index contributed by atoms with van der Waals surface area (Å²) >= 11 is 0. The molecule has 29 heavy (non-hydrogen) atoms. The zero-order valence-electron chi connectivity index (χ0n) is 16.0. The fourth-order valence-electron chi connectivity index (χ4n) is 2.51. The molecule has 8 heteroatoms. The van der Waals surface area contributed by atoms with Gasteiger partial charge in [0.25, 0.3) is 15.9 Å².